The van der Waals surface area contributed by atoms with E-state index in [1.165, 1.54) is 12.2 Å². The first-order valence-corrected chi connectivity index (χ1v) is 10.3. The third-order valence-corrected chi connectivity index (χ3v) is 5.25. The van der Waals surface area contributed by atoms with Gasteiger partial charge in [-0.1, -0.05) is 41.8 Å². The average Bonchev–Trinajstić information content (AvgIpc) is 3.28. The summed E-state index contributed by atoms with van der Waals surface area (Å²) in [5.74, 6) is -4.65. The Bertz CT molecular complexity index is 955. The molecule has 0 saturated carbocycles. The summed E-state index contributed by atoms with van der Waals surface area (Å²) >= 11 is 0. The van der Waals surface area contributed by atoms with E-state index in [2.05, 4.69) is 0 Å². The van der Waals surface area contributed by atoms with Crippen LogP contribution < -0.4 is 0 Å². The zero-order chi connectivity index (χ0) is 24.0. The maximum atomic E-state index is 12.3. The van der Waals surface area contributed by atoms with Gasteiger partial charge in [0, 0.05) is 31.5 Å². The van der Waals surface area contributed by atoms with E-state index in [9.17, 15) is 33.9 Å². The van der Waals surface area contributed by atoms with Crippen LogP contribution in [0.5, 0.6) is 0 Å². The van der Waals surface area contributed by atoms with Crippen LogP contribution in [0.2, 0.25) is 0 Å². The van der Waals surface area contributed by atoms with Gasteiger partial charge >= 0.3 is 12.1 Å². The van der Waals surface area contributed by atoms with Gasteiger partial charge in [0.15, 0.2) is 0 Å². The van der Waals surface area contributed by atoms with E-state index in [0.29, 0.717) is 23.5 Å². The van der Waals surface area contributed by atoms with Crippen molar-refractivity contribution in [1.29, 1.82) is 0 Å². The summed E-state index contributed by atoms with van der Waals surface area (Å²) < 4.78 is 5.27. The number of carboxylic acid groups (broad SMARTS) is 1. The number of hydrogen-bond donors (Lipinski definition) is 1. The van der Waals surface area contributed by atoms with E-state index in [0.717, 1.165) is 4.90 Å². The zero-order valence-corrected chi connectivity index (χ0v) is 17.5. The van der Waals surface area contributed by atoms with Crippen molar-refractivity contribution < 1.29 is 43.4 Å². The van der Waals surface area contributed by atoms with E-state index in [-0.39, 0.29) is 25.8 Å². The summed E-state index contributed by atoms with van der Waals surface area (Å²) in [5.41, 5.74) is 0.384. The lowest BCUT2D eigenvalue weighted by atomic mass is 9.91. The molecule has 2 unspecified atom stereocenters. The molecule has 3 rings (SSSR count). The number of carbonyl (C=O) groups is 6. The summed E-state index contributed by atoms with van der Waals surface area (Å²) in [5, 5.41) is 10.1. The lowest BCUT2D eigenvalue weighted by Crippen LogP contribution is -2.34. The van der Waals surface area contributed by atoms with Gasteiger partial charge in [0.05, 0.1) is 5.92 Å². The molecule has 0 radical (unpaired) electrons. The Morgan fingerprint density at radius 1 is 0.939 bits per heavy atom. The van der Waals surface area contributed by atoms with Gasteiger partial charge in [0.25, 0.3) is 23.6 Å². The number of amides is 4. The van der Waals surface area contributed by atoms with Crippen LogP contribution in [0.4, 0.5) is 4.79 Å². The highest BCUT2D eigenvalue weighted by Gasteiger charge is 2.37. The minimum atomic E-state index is -1.38. The van der Waals surface area contributed by atoms with Gasteiger partial charge in [-0.05, 0) is 18.4 Å². The monoisotopic (exact) mass is 458 g/mol. The maximum Gasteiger partial charge on any atom is 0.534 e. The molecule has 1 N–H and O–H groups in total. The number of aliphatic carboxylic acids is 1. The second kappa shape index (κ2) is 10.5. The lowest BCUT2D eigenvalue weighted by molar-refractivity contribution is -0.180. The fourth-order valence-electron chi connectivity index (χ4n) is 3.57. The SMILES string of the molecule is O=C(OC(c1ccccc1)C(CCCCN1C(=O)C=CC1=O)C(=O)O)ON1C(=O)CCC1=O. The molecule has 1 aromatic carbocycles. The Hall–Kier alpha value is -4.02. The van der Waals surface area contributed by atoms with Gasteiger partial charge in [-0.25, -0.2) is 4.79 Å². The molecule has 0 bridgehead atoms. The minimum Gasteiger partial charge on any atom is -0.481 e. The van der Waals surface area contributed by atoms with Crippen molar-refractivity contribution in [2.75, 3.05) is 6.54 Å². The molecule has 2 aliphatic heterocycles. The molecule has 174 valence electrons. The van der Waals surface area contributed by atoms with Gasteiger partial charge in [-0.3, -0.25) is 33.7 Å². The van der Waals surface area contributed by atoms with Crippen molar-refractivity contribution in [3.63, 3.8) is 0 Å². The molecule has 11 nitrogen and oxygen atoms in total. The van der Waals surface area contributed by atoms with Crippen LogP contribution in [-0.4, -0.2) is 57.4 Å². The van der Waals surface area contributed by atoms with Crippen LogP contribution in [0.25, 0.3) is 0 Å². The lowest BCUT2D eigenvalue weighted by Gasteiger charge is -2.25. The molecule has 2 heterocycles. The molecule has 4 amide bonds. The molecular weight excluding hydrogens is 436 g/mol. The number of benzene rings is 1. The second-order valence-corrected chi connectivity index (χ2v) is 7.47. The van der Waals surface area contributed by atoms with Gasteiger partial charge in [0.2, 0.25) is 0 Å². The molecule has 1 saturated heterocycles. The number of ether oxygens (including phenoxy) is 1. The number of unbranched alkanes of at least 4 members (excludes halogenated alkanes) is 1. The number of carboxylic acids is 1. The molecule has 1 aromatic rings. The Kier molecular flexibility index (Phi) is 7.54. The molecule has 1 fully saturated rings. The summed E-state index contributed by atoms with van der Waals surface area (Å²) in [6, 6.07) is 8.14. The predicted octanol–water partition coefficient (Wildman–Crippen LogP) is 1.74. The highest BCUT2D eigenvalue weighted by atomic mass is 16.8. The van der Waals surface area contributed by atoms with Gasteiger partial charge in [0.1, 0.15) is 6.10 Å². The summed E-state index contributed by atoms with van der Waals surface area (Å²) in [7, 11) is 0. The molecule has 0 spiro atoms. The fraction of sp³-hybridized carbons (Fsp3) is 0.364. The summed E-state index contributed by atoms with van der Waals surface area (Å²) in [6.45, 7) is 0.134. The van der Waals surface area contributed by atoms with Crippen LogP contribution in [0.3, 0.4) is 0 Å². The first-order chi connectivity index (χ1) is 15.8. The second-order valence-electron chi connectivity index (χ2n) is 7.47. The van der Waals surface area contributed by atoms with Gasteiger partial charge in [-0.15, -0.1) is 0 Å². The van der Waals surface area contributed by atoms with Crippen LogP contribution in [0.1, 0.15) is 43.8 Å². The standard InChI is InChI=1S/C22H22N2O9/c25-16-9-10-17(26)23(16)13-5-4-8-15(21(29)30)20(14-6-2-1-3-7-14)32-22(31)33-24-18(27)11-12-19(24)28/h1-3,6-7,9-10,15,20H,4-5,8,11-13H2,(H,29,30). The highest BCUT2D eigenvalue weighted by molar-refractivity contribution is 6.12. The molecule has 2 atom stereocenters. The largest absolute Gasteiger partial charge is 0.534 e. The predicted molar refractivity (Wildman–Crippen MR) is 109 cm³/mol. The number of carbonyl (C=O) groups excluding carboxylic acids is 5. The van der Waals surface area contributed by atoms with E-state index < -0.39 is 47.8 Å². The third-order valence-electron chi connectivity index (χ3n) is 5.25. The van der Waals surface area contributed by atoms with Crippen molar-refractivity contribution >= 4 is 35.8 Å². The Morgan fingerprint density at radius 2 is 1.55 bits per heavy atom. The van der Waals surface area contributed by atoms with Crippen LogP contribution in [0, 0.1) is 5.92 Å². The van der Waals surface area contributed by atoms with Crippen molar-refractivity contribution in [3.8, 4) is 0 Å². The normalized spacial score (nSPS) is 17.5. The van der Waals surface area contributed by atoms with E-state index >= 15 is 0 Å². The van der Waals surface area contributed by atoms with E-state index in [1.54, 1.807) is 30.3 Å². The highest BCUT2D eigenvalue weighted by Crippen LogP contribution is 2.31. The summed E-state index contributed by atoms with van der Waals surface area (Å²) in [4.78, 5) is 76.7. The molecule has 2 aliphatic rings. The number of hydrogen-bond acceptors (Lipinski definition) is 8. The summed E-state index contributed by atoms with van der Waals surface area (Å²) in [6.07, 6.45) is 0.246. The van der Waals surface area contributed by atoms with Crippen LogP contribution >= 0.6 is 0 Å². The fourth-order valence-corrected chi connectivity index (χ4v) is 3.57. The Labute approximate surface area is 188 Å². The minimum absolute atomic E-state index is 0.0629. The maximum absolute atomic E-state index is 12.3. The topological polar surface area (TPSA) is 148 Å². The molecule has 0 aliphatic carbocycles. The van der Waals surface area contributed by atoms with Gasteiger partial charge < -0.3 is 9.84 Å². The first-order valence-electron chi connectivity index (χ1n) is 10.3. The molecule has 11 heteroatoms. The quantitative estimate of drug-likeness (QED) is 0.314. The Morgan fingerprint density at radius 3 is 2.12 bits per heavy atom. The van der Waals surface area contributed by atoms with Crippen molar-refractivity contribution in [2.45, 2.75) is 38.2 Å². The molecule has 0 aromatic heterocycles. The molecular formula is C22H22N2O9. The number of rotatable bonds is 10. The van der Waals surface area contributed by atoms with E-state index in [1.807, 2.05) is 0 Å². The van der Waals surface area contributed by atoms with E-state index in [4.69, 9.17) is 9.57 Å². The van der Waals surface area contributed by atoms with Crippen LogP contribution in [-0.2, 0) is 33.5 Å². The van der Waals surface area contributed by atoms with Crippen molar-refractivity contribution in [1.82, 2.24) is 9.96 Å². The number of imide groups is 2. The Balaban J connectivity index is 1.66. The van der Waals surface area contributed by atoms with Crippen LogP contribution in [0.15, 0.2) is 42.5 Å². The third kappa shape index (κ3) is 5.82. The van der Waals surface area contributed by atoms with Crippen molar-refractivity contribution in [3.05, 3.63) is 48.0 Å². The van der Waals surface area contributed by atoms with Crippen molar-refractivity contribution in [2.24, 2.45) is 5.92 Å². The number of nitrogens with zero attached hydrogens (tertiary/aromatic N) is 2. The first kappa shape index (κ1) is 23.6. The molecule has 33 heavy (non-hydrogen) atoms. The smallest absolute Gasteiger partial charge is 0.481 e. The van der Waals surface area contributed by atoms with Gasteiger partial charge in [-0.2, -0.15) is 0 Å². The zero-order valence-electron chi connectivity index (χ0n) is 17.5. The average molecular weight is 458 g/mol. The number of hydroxylamine groups is 2.